The van der Waals surface area contributed by atoms with Gasteiger partial charge in [0, 0.05) is 11.6 Å². The van der Waals surface area contributed by atoms with Gasteiger partial charge >= 0.3 is 0 Å². The Morgan fingerprint density at radius 2 is 1.76 bits per heavy atom. The van der Waals surface area contributed by atoms with E-state index in [-0.39, 0.29) is 17.3 Å². The lowest BCUT2D eigenvalue weighted by Gasteiger charge is -2.12. The molecule has 0 saturated heterocycles. The lowest BCUT2D eigenvalue weighted by Crippen LogP contribution is -2.14. The summed E-state index contributed by atoms with van der Waals surface area (Å²) in [5, 5.41) is 4.36. The van der Waals surface area contributed by atoms with Gasteiger partial charge in [0.15, 0.2) is 11.5 Å². The first-order valence-corrected chi connectivity index (χ1v) is 10.3. The van der Waals surface area contributed by atoms with Crippen LogP contribution in [0.5, 0.6) is 11.5 Å². The minimum absolute atomic E-state index is 0.0239. The van der Waals surface area contributed by atoms with Gasteiger partial charge in [-0.2, -0.15) is 5.10 Å². The zero-order valence-corrected chi connectivity index (χ0v) is 17.4. The molecule has 0 fully saturated rings. The highest BCUT2D eigenvalue weighted by Crippen LogP contribution is 2.31. The van der Waals surface area contributed by atoms with Crippen molar-refractivity contribution in [3.63, 3.8) is 0 Å². The smallest absolute Gasteiger partial charge is 0.262 e. The lowest BCUT2D eigenvalue weighted by atomic mass is 10.2. The van der Waals surface area contributed by atoms with Crippen LogP contribution >= 0.6 is 0 Å². The van der Waals surface area contributed by atoms with Crippen LogP contribution in [0.2, 0.25) is 0 Å². The first-order chi connectivity index (χ1) is 13.8. The van der Waals surface area contributed by atoms with Crippen LogP contribution in [0.4, 0.5) is 10.1 Å². The second-order valence-corrected chi connectivity index (χ2v) is 8.10. The number of hydrogen-bond donors (Lipinski definition) is 1. The van der Waals surface area contributed by atoms with Gasteiger partial charge in [-0.1, -0.05) is 18.2 Å². The van der Waals surface area contributed by atoms with E-state index >= 15 is 0 Å². The van der Waals surface area contributed by atoms with Gasteiger partial charge in [-0.05, 0) is 32.0 Å². The number of nitrogens with zero attached hydrogens (tertiary/aromatic N) is 2. The fraction of sp³-hybridized carbons (Fsp3) is 0.250. The lowest BCUT2D eigenvalue weighted by molar-refractivity contribution is 0.354. The second-order valence-electron chi connectivity index (χ2n) is 6.42. The molecule has 0 unspecified atom stereocenters. The van der Waals surface area contributed by atoms with Crippen LogP contribution < -0.4 is 14.2 Å². The molecule has 9 heteroatoms. The highest BCUT2D eigenvalue weighted by Gasteiger charge is 2.22. The van der Waals surface area contributed by atoms with Crippen molar-refractivity contribution in [3.05, 3.63) is 65.2 Å². The molecule has 0 aliphatic carbocycles. The molecule has 3 aromatic rings. The summed E-state index contributed by atoms with van der Waals surface area (Å²) in [5.74, 6) is 0.392. The number of hydrogen-bond acceptors (Lipinski definition) is 5. The number of ether oxygens (including phenoxy) is 2. The Kier molecular flexibility index (Phi) is 5.78. The Morgan fingerprint density at radius 1 is 1.07 bits per heavy atom. The molecule has 154 valence electrons. The maximum atomic E-state index is 14.0. The number of methoxy groups -OCH3 is 2. The molecule has 29 heavy (non-hydrogen) atoms. The Balaban J connectivity index is 1.92. The Bertz CT molecular complexity index is 1140. The quantitative estimate of drug-likeness (QED) is 0.634. The van der Waals surface area contributed by atoms with Crippen molar-refractivity contribution in [2.75, 3.05) is 18.9 Å². The molecule has 3 rings (SSSR count). The fourth-order valence-corrected chi connectivity index (χ4v) is 4.15. The standard InChI is InChI=1S/C20H22FN3O4S/c1-13-20(14(2)24(22-13)12-15-7-5-6-8-17(15)21)23-29(25,26)16-9-10-18(27-3)19(11-16)28-4/h5-11,23H,12H2,1-4H3. The van der Waals surface area contributed by atoms with Crippen LogP contribution in [0.15, 0.2) is 47.4 Å². The number of aromatic nitrogens is 2. The molecule has 0 amide bonds. The first-order valence-electron chi connectivity index (χ1n) is 8.79. The molecule has 1 heterocycles. The molecule has 0 aliphatic heterocycles. The second kappa shape index (κ2) is 8.12. The predicted octanol–water partition coefficient (Wildman–Crippen LogP) is 3.51. The zero-order valence-electron chi connectivity index (χ0n) is 16.6. The summed E-state index contributed by atoms with van der Waals surface area (Å²) < 4.78 is 54.2. The van der Waals surface area contributed by atoms with Crippen molar-refractivity contribution < 1.29 is 22.3 Å². The van der Waals surface area contributed by atoms with E-state index in [1.165, 1.54) is 38.5 Å². The third-order valence-electron chi connectivity index (χ3n) is 4.56. The number of anilines is 1. The minimum Gasteiger partial charge on any atom is -0.493 e. The SMILES string of the molecule is COc1ccc(S(=O)(=O)Nc2c(C)nn(Cc3ccccc3F)c2C)cc1OC. The zero-order chi connectivity index (χ0) is 21.2. The topological polar surface area (TPSA) is 82.5 Å². The highest BCUT2D eigenvalue weighted by molar-refractivity contribution is 7.92. The monoisotopic (exact) mass is 419 g/mol. The van der Waals surface area contributed by atoms with Gasteiger partial charge in [0.2, 0.25) is 0 Å². The van der Waals surface area contributed by atoms with E-state index < -0.39 is 10.0 Å². The van der Waals surface area contributed by atoms with Gasteiger partial charge in [-0.3, -0.25) is 9.40 Å². The average Bonchev–Trinajstić information content (AvgIpc) is 2.96. The van der Waals surface area contributed by atoms with Crippen molar-refractivity contribution in [1.82, 2.24) is 9.78 Å². The van der Waals surface area contributed by atoms with Gasteiger partial charge in [0.05, 0.1) is 42.7 Å². The molecule has 2 aromatic carbocycles. The molecule has 0 radical (unpaired) electrons. The maximum Gasteiger partial charge on any atom is 0.262 e. The number of benzene rings is 2. The van der Waals surface area contributed by atoms with Crippen LogP contribution in [0, 0.1) is 19.7 Å². The summed E-state index contributed by atoms with van der Waals surface area (Å²) in [4.78, 5) is 0.0239. The summed E-state index contributed by atoms with van der Waals surface area (Å²) in [7, 11) is -0.990. The van der Waals surface area contributed by atoms with Crippen LogP contribution in [-0.4, -0.2) is 32.4 Å². The third-order valence-corrected chi connectivity index (χ3v) is 5.91. The Labute approximate surface area is 169 Å². The van der Waals surface area contributed by atoms with Crippen molar-refractivity contribution in [2.45, 2.75) is 25.3 Å². The first kappa shape index (κ1) is 20.7. The number of nitrogens with one attached hydrogen (secondary N) is 1. The van der Waals surface area contributed by atoms with E-state index in [1.807, 2.05) is 0 Å². The van der Waals surface area contributed by atoms with Crippen LogP contribution in [0.25, 0.3) is 0 Å². The van der Waals surface area contributed by atoms with E-state index in [0.29, 0.717) is 34.1 Å². The summed E-state index contributed by atoms with van der Waals surface area (Å²) in [5.41, 5.74) is 1.89. The molecule has 0 spiro atoms. The highest BCUT2D eigenvalue weighted by atomic mass is 32.2. The number of halogens is 1. The van der Waals surface area contributed by atoms with Crippen LogP contribution in [-0.2, 0) is 16.6 Å². The summed E-state index contributed by atoms with van der Waals surface area (Å²) in [6.07, 6.45) is 0. The summed E-state index contributed by atoms with van der Waals surface area (Å²) in [6.45, 7) is 3.61. The van der Waals surface area contributed by atoms with Gasteiger partial charge in [-0.25, -0.2) is 12.8 Å². The Morgan fingerprint density at radius 3 is 2.41 bits per heavy atom. The summed E-state index contributed by atoms with van der Waals surface area (Å²) >= 11 is 0. The molecule has 0 atom stereocenters. The molecule has 0 aliphatic rings. The number of rotatable bonds is 7. The van der Waals surface area contributed by atoms with Crippen molar-refractivity contribution >= 4 is 15.7 Å². The Hall–Kier alpha value is -3.07. The van der Waals surface area contributed by atoms with E-state index in [1.54, 1.807) is 36.7 Å². The molecule has 0 bridgehead atoms. The molecule has 1 aromatic heterocycles. The van der Waals surface area contributed by atoms with Crippen molar-refractivity contribution in [2.24, 2.45) is 0 Å². The minimum atomic E-state index is -3.90. The van der Waals surface area contributed by atoms with Crippen molar-refractivity contribution in [3.8, 4) is 11.5 Å². The van der Waals surface area contributed by atoms with E-state index in [0.717, 1.165) is 0 Å². The normalized spacial score (nSPS) is 11.3. The molecular formula is C20H22FN3O4S. The maximum absolute atomic E-state index is 14.0. The van der Waals surface area contributed by atoms with Crippen molar-refractivity contribution in [1.29, 1.82) is 0 Å². The predicted molar refractivity (Wildman–Crippen MR) is 108 cm³/mol. The molecule has 7 nitrogen and oxygen atoms in total. The summed E-state index contributed by atoms with van der Waals surface area (Å²) in [6, 6.07) is 10.7. The van der Waals surface area contributed by atoms with Gasteiger partial charge < -0.3 is 9.47 Å². The fourth-order valence-electron chi connectivity index (χ4n) is 2.96. The largest absolute Gasteiger partial charge is 0.493 e. The van der Waals surface area contributed by atoms with E-state index in [4.69, 9.17) is 9.47 Å². The number of aryl methyl sites for hydroxylation is 1. The van der Waals surface area contributed by atoms with Gasteiger partial charge in [-0.15, -0.1) is 0 Å². The van der Waals surface area contributed by atoms with Gasteiger partial charge in [0.25, 0.3) is 10.0 Å². The molecular weight excluding hydrogens is 397 g/mol. The molecule has 0 saturated carbocycles. The third kappa shape index (κ3) is 4.19. The van der Waals surface area contributed by atoms with Gasteiger partial charge in [0.1, 0.15) is 5.82 Å². The van der Waals surface area contributed by atoms with E-state index in [2.05, 4.69) is 9.82 Å². The van der Waals surface area contributed by atoms with Crippen LogP contribution in [0.3, 0.4) is 0 Å². The number of sulfonamides is 1. The van der Waals surface area contributed by atoms with Crippen LogP contribution in [0.1, 0.15) is 17.0 Å². The average molecular weight is 419 g/mol. The molecule has 1 N–H and O–H groups in total. The van der Waals surface area contributed by atoms with E-state index in [9.17, 15) is 12.8 Å².